The van der Waals surface area contributed by atoms with Crippen molar-refractivity contribution in [3.63, 3.8) is 0 Å². The van der Waals surface area contributed by atoms with Gasteiger partial charge in [-0.15, -0.1) is 0 Å². The summed E-state index contributed by atoms with van der Waals surface area (Å²) in [6.07, 6.45) is 4.40. The fraction of sp³-hybridized carbons (Fsp3) is 0.600. The SMILES string of the molecule is IC1=CC=C(CN2CCNCC2)CN1. The van der Waals surface area contributed by atoms with Gasteiger partial charge < -0.3 is 10.6 Å². The molecule has 4 heteroatoms. The lowest BCUT2D eigenvalue weighted by Crippen LogP contribution is -2.44. The summed E-state index contributed by atoms with van der Waals surface area (Å²) in [6.45, 7) is 6.76. The lowest BCUT2D eigenvalue weighted by atomic mass is 10.2. The Labute approximate surface area is 98.8 Å². The van der Waals surface area contributed by atoms with Crippen LogP contribution in [-0.2, 0) is 0 Å². The Kier molecular flexibility index (Phi) is 3.83. The van der Waals surface area contributed by atoms with E-state index in [1.807, 2.05) is 0 Å². The van der Waals surface area contributed by atoms with Crippen LogP contribution in [0.15, 0.2) is 21.4 Å². The standard InChI is InChI=1S/C10H16IN3/c11-10-2-1-9(7-13-10)8-14-5-3-12-4-6-14/h1-2,12-13H,3-8H2. The third-order valence-corrected chi connectivity index (χ3v) is 3.33. The van der Waals surface area contributed by atoms with Gasteiger partial charge in [-0.3, -0.25) is 4.90 Å². The highest BCUT2D eigenvalue weighted by molar-refractivity contribution is 14.1. The number of hydrogen-bond donors (Lipinski definition) is 2. The average Bonchev–Trinajstić information content (AvgIpc) is 2.23. The van der Waals surface area contributed by atoms with Gasteiger partial charge in [0, 0.05) is 39.3 Å². The number of nitrogens with zero attached hydrogens (tertiary/aromatic N) is 1. The van der Waals surface area contributed by atoms with Gasteiger partial charge in [-0.2, -0.15) is 0 Å². The fourth-order valence-corrected chi connectivity index (χ4v) is 2.14. The van der Waals surface area contributed by atoms with Crippen molar-refractivity contribution in [2.75, 3.05) is 39.3 Å². The molecule has 0 radical (unpaired) electrons. The summed E-state index contributed by atoms with van der Waals surface area (Å²) < 4.78 is 1.24. The van der Waals surface area contributed by atoms with Crippen molar-refractivity contribution in [3.05, 3.63) is 21.4 Å². The summed E-state index contributed by atoms with van der Waals surface area (Å²) >= 11 is 2.32. The second-order valence-electron chi connectivity index (χ2n) is 3.72. The predicted octanol–water partition coefficient (Wildman–Crippen LogP) is 0.698. The molecule has 78 valence electrons. The van der Waals surface area contributed by atoms with Crippen molar-refractivity contribution in [2.24, 2.45) is 0 Å². The van der Waals surface area contributed by atoms with Gasteiger partial charge in [0.25, 0.3) is 0 Å². The van der Waals surface area contributed by atoms with Crippen molar-refractivity contribution in [1.82, 2.24) is 15.5 Å². The Morgan fingerprint density at radius 2 is 2.07 bits per heavy atom. The van der Waals surface area contributed by atoms with E-state index in [9.17, 15) is 0 Å². The van der Waals surface area contributed by atoms with Crippen molar-refractivity contribution in [3.8, 4) is 0 Å². The number of nitrogens with one attached hydrogen (secondary N) is 2. The number of hydrogen-bond acceptors (Lipinski definition) is 3. The molecule has 2 heterocycles. The molecule has 0 atom stereocenters. The highest BCUT2D eigenvalue weighted by atomic mass is 127. The first kappa shape index (κ1) is 10.4. The second kappa shape index (κ2) is 5.14. The van der Waals surface area contributed by atoms with Crippen LogP contribution >= 0.6 is 22.6 Å². The molecular formula is C10H16IN3. The van der Waals surface area contributed by atoms with Gasteiger partial charge in [-0.1, -0.05) is 6.08 Å². The van der Waals surface area contributed by atoms with Crippen LogP contribution in [0.4, 0.5) is 0 Å². The molecule has 0 aromatic carbocycles. The zero-order valence-electron chi connectivity index (χ0n) is 8.22. The maximum Gasteiger partial charge on any atom is 0.0734 e. The second-order valence-corrected chi connectivity index (χ2v) is 4.88. The van der Waals surface area contributed by atoms with Crippen LogP contribution in [0.5, 0.6) is 0 Å². The van der Waals surface area contributed by atoms with Crippen LogP contribution in [0.1, 0.15) is 0 Å². The van der Waals surface area contributed by atoms with Crippen LogP contribution in [-0.4, -0.2) is 44.2 Å². The van der Waals surface area contributed by atoms with E-state index in [-0.39, 0.29) is 0 Å². The van der Waals surface area contributed by atoms with E-state index in [0.717, 1.165) is 26.2 Å². The first-order chi connectivity index (χ1) is 6.84. The molecule has 0 unspecified atom stereocenters. The van der Waals surface area contributed by atoms with E-state index in [1.54, 1.807) is 0 Å². The van der Waals surface area contributed by atoms with Crippen LogP contribution in [0, 0.1) is 0 Å². The number of halogens is 1. The molecule has 1 saturated heterocycles. The van der Waals surface area contributed by atoms with E-state index >= 15 is 0 Å². The summed E-state index contributed by atoms with van der Waals surface area (Å²) in [5.74, 6) is 0. The van der Waals surface area contributed by atoms with Crippen molar-refractivity contribution in [2.45, 2.75) is 0 Å². The van der Waals surface area contributed by atoms with Gasteiger partial charge >= 0.3 is 0 Å². The Bertz CT molecular complexity index is 254. The molecule has 2 rings (SSSR count). The maximum absolute atomic E-state index is 3.37. The molecule has 0 saturated carbocycles. The van der Waals surface area contributed by atoms with Gasteiger partial charge in [0.2, 0.25) is 0 Å². The zero-order valence-corrected chi connectivity index (χ0v) is 10.4. The molecule has 0 aromatic heterocycles. The molecule has 2 aliphatic rings. The van der Waals surface area contributed by atoms with Gasteiger partial charge in [0.05, 0.1) is 3.70 Å². The number of dihydropyridines is 1. The molecule has 14 heavy (non-hydrogen) atoms. The minimum atomic E-state index is 1.01. The van der Waals surface area contributed by atoms with E-state index in [2.05, 4.69) is 50.3 Å². The van der Waals surface area contributed by atoms with E-state index in [1.165, 1.54) is 22.4 Å². The predicted molar refractivity (Wildman–Crippen MR) is 67.5 cm³/mol. The van der Waals surface area contributed by atoms with Crippen LogP contribution in [0.3, 0.4) is 0 Å². The molecule has 0 aromatic rings. The molecule has 2 N–H and O–H groups in total. The molecule has 0 amide bonds. The number of allylic oxidation sites excluding steroid dienone is 2. The lowest BCUT2D eigenvalue weighted by Gasteiger charge is -2.28. The molecule has 3 nitrogen and oxygen atoms in total. The largest absolute Gasteiger partial charge is 0.376 e. The Balaban J connectivity index is 1.84. The Morgan fingerprint density at radius 3 is 2.71 bits per heavy atom. The molecule has 1 fully saturated rings. The highest BCUT2D eigenvalue weighted by Gasteiger charge is 2.12. The van der Waals surface area contributed by atoms with Crippen LogP contribution in [0.25, 0.3) is 0 Å². The topological polar surface area (TPSA) is 27.3 Å². The smallest absolute Gasteiger partial charge is 0.0734 e. The quantitative estimate of drug-likeness (QED) is 0.581. The van der Waals surface area contributed by atoms with E-state index in [0.29, 0.717) is 0 Å². The monoisotopic (exact) mass is 305 g/mol. The van der Waals surface area contributed by atoms with Crippen molar-refractivity contribution < 1.29 is 0 Å². The maximum atomic E-state index is 3.37. The Hall–Kier alpha value is -0.0700. The van der Waals surface area contributed by atoms with Crippen molar-refractivity contribution >= 4 is 22.6 Å². The zero-order chi connectivity index (χ0) is 9.80. The minimum absolute atomic E-state index is 1.01. The third kappa shape index (κ3) is 2.96. The summed E-state index contributed by atoms with van der Waals surface area (Å²) in [5.41, 5.74) is 1.49. The van der Waals surface area contributed by atoms with Gasteiger partial charge in [-0.25, -0.2) is 0 Å². The first-order valence-electron chi connectivity index (χ1n) is 5.07. The summed E-state index contributed by atoms with van der Waals surface area (Å²) in [5, 5.41) is 6.73. The van der Waals surface area contributed by atoms with Gasteiger partial charge in [0.15, 0.2) is 0 Å². The third-order valence-electron chi connectivity index (χ3n) is 2.59. The lowest BCUT2D eigenvalue weighted by molar-refractivity contribution is 0.258. The molecule has 0 aliphatic carbocycles. The number of piperazine rings is 1. The molecule has 2 aliphatic heterocycles. The normalized spacial score (nSPS) is 23.8. The van der Waals surface area contributed by atoms with Crippen LogP contribution < -0.4 is 10.6 Å². The van der Waals surface area contributed by atoms with Crippen molar-refractivity contribution in [1.29, 1.82) is 0 Å². The van der Waals surface area contributed by atoms with Gasteiger partial charge in [-0.05, 0) is 34.2 Å². The van der Waals surface area contributed by atoms with Crippen LogP contribution in [0.2, 0.25) is 0 Å². The summed E-state index contributed by atoms with van der Waals surface area (Å²) in [7, 11) is 0. The average molecular weight is 305 g/mol. The van der Waals surface area contributed by atoms with E-state index < -0.39 is 0 Å². The minimum Gasteiger partial charge on any atom is -0.376 e. The first-order valence-corrected chi connectivity index (χ1v) is 6.14. The summed E-state index contributed by atoms with van der Waals surface area (Å²) in [6, 6.07) is 0. The Morgan fingerprint density at radius 1 is 1.29 bits per heavy atom. The highest BCUT2D eigenvalue weighted by Crippen LogP contribution is 2.10. The number of rotatable bonds is 2. The molecule has 0 bridgehead atoms. The van der Waals surface area contributed by atoms with E-state index in [4.69, 9.17) is 0 Å². The van der Waals surface area contributed by atoms with Gasteiger partial charge in [0.1, 0.15) is 0 Å². The fourth-order valence-electron chi connectivity index (χ4n) is 1.77. The summed E-state index contributed by atoms with van der Waals surface area (Å²) in [4.78, 5) is 2.51. The molecular weight excluding hydrogens is 289 g/mol. The molecule has 0 spiro atoms.